The van der Waals surface area contributed by atoms with Gasteiger partial charge in [-0.15, -0.1) is 11.8 Å². The van der Waals surface area contributed by atoms with Gasteiger partial charge >= 0.3 is 0 Å². The molecule has 0 fully saturated rings. The lowest BCUT2D eigenvalue weighted by molar-refractivity contribution is 0.0182. The van der Waals surface area contributed by atoms with Crippen molar-refractivity contribution >= 4 is 11.8 Å². The van der Waals surface area contributed by atoms with Crippen LogP contribution in [0.5, 0.6) is 5.75 Å². The maximum atomic E-state index is 14.0. The molecule has 0 radical (unpaired) electrons. The molecule has 0 bridgehead atoms. The normalized spacial score (nSPS) is 24.9. The van der Waals surface area contributed by atoms with E-state index in [9.17, 15) is 9.50 Å². The number of aliphatic hydroxyl groups is 1. The standard InChI is InChI=1S/C23H29FO2S/c1-4-6-12-23(5-2)15-27-20-11-10-18(26-3)14-19(20)21(22(23)25)16-8-7-9-17(24)13-16/h7-11,13-14,21-22,25H,4-6,12,15H2,1-3H3. The minimum absolute atomic E-state index is 0.191. The monoisotopic (exact) mass is 388 g/mol. The molecule has 0 saturated heterocycles. The third-order valence-electron chi connectivity index (χ3n) is 5.95. The van der Waals surface area contributed by atoms with Crippen LogP contribution in [0.3, 0.4) is 0 Å². The molecular weight excluding hydrogens is 359 g/mol. The number of rotatable bonds is 6. The summed E-state index contributed by atoms with van der Waals surface area (Å²) in [5, 5.41) is 11.7. The van der Waals surface area contributed by atoms with Crippen molar-refractivity contribution in [3.63, 3.8) is 0 Å². The van der Waals surface area contributed by atoms with Crippen molar-refractivity contribution in [2.45, 2.75) is 56.4 Å². The Morgan fingerprint density at radius 2 is 2.04 bits per heavy atom. The van der Waals surface area contributed by atoms with Gasteiger partial charge in [0, 0.05) is 22.0 Å². The SMILES string of the molecule is CCCCC1(CC)CSc2ccc(OC)cc2C(c2cccc(F)c2)C1O. The minimum atomic E-state index is -0.572. The van der Waals surface area contributed by atoms with Crippen molar-refractivity contribution in [1.29, 1.82) is 0 Å². The number of fused-ring (bicyclic) bond motifs is 1. The highest BCUT2D eigenvalue weighted by atomic mass is 32.2. The summed E-state index contributed by atoms with van der Waals surface area (Å²) in [6, 6.07) is 12.7. The summed E-state index contributed by atoms with van der Waals surface area (Å²) in [4.78, 5) is 1.15. The Morgan fingerprint density at radius 1 is 1.22 bits per heavy atom. The molecule has 4 heteroatoms. The van der Waals surface area contributed by atoms with Crippen LogP contribution in [-0.2, 0) is 0 Å². The van der Waals surface area contributed by atoms with Crippen molar-refractivity contribution in [1.82, 2.24) is 0 Å². The molecule has 1 aliphatic heterocycles. The Hall–Kier alpha value is -1.52. The van der Waals surface area contributed by atoms with E-state index in [4.69, 9.17) is 4.74 Å². The number of methoxy groups -OCH3 is 1. The lowest BCUT2D eigenvalue weighted by Gasteiger charge is -2.39. The van der Waals surface area contributed by atoms with Gasteiger partial charge in [-0.05, 0) is 54.3 Å². The molecule has 146 valence electrons. The fraction of sp³-hybridized carbons (Fsp3) is 0.478. The van der Waals surface area contributed by atoms with Crippen molar-refractivity contribution in [2.24, 2.45) is 5.41 Å². The summed E-state index contributed by atoms with van der Waals surface area (Å²) >= 11 is 1.81. The molecule has 1 N–H and O–H groups in total. The van der Waals surface area contributed by atoms with Crippen LogP contribution < -0.4 is 4.74 Å². The van der Waals surface area contributed by atoms with Crippen LogP contribution in [0.2, 0.25) is 0 Å². The van der Waals surface area contributed by atoms with E-state index in [1.807, 2.05) is 30.0 Å². The number of benzene rings is 2. The Morgan fingerprint density at radius 3 is 2.70 bits per heavy atom. The summed E-state index contributed by atoms with van der Waals surface area (Å²) < 4.78 is 19.5. The first-order valence-electron chi connectivity index (χ1n) is 9.79. The van der Waals surface area contributed by atoms with Gasteiger partial charge < -0.3 is 9.84 Å². The number of unbranched alkanes of at least 4 members (excludes halogenated alkanes) is 1. The summed E-state index contributed by atoms with van der Waals surface area (Å²) in [6.45, 7) is 4.35. The van der Waals surface area contributed by atoms with E-state index in [-0.39, 0.29) is 17.2 Å². The maximum Gasteiger partial charge on any atom is 0.123 e. The van der Waals surface area contributed by atoms with E-state index < -0.39 is 6.10 Å². The number of aliphatic hydroxyl groups excluding tert-OH is 1. The summed E-state index contributed by atoms with van der Waals surface area (Å²) in [7, 11) is 1.65. The third kappa shape index (κ3) is 4.02. The zero-order valence-corrected chi connectivity index (χ0v) is 17.2. The summed E-state index contributed by atoms with van der Waals surface area (Å²) in [5.41, 5.74) is 1.67. The molecule has 0 saturated carbocycles. The molecule has 3 unspecified atom stereocenters. The first-order valence-corrected chi connectivity index (χ1v) is 10.8. The van der Waals surface area contributed by atoms with Gasteiger partial charge in [0.2, 0.25) is 0 Å². The molecule has 1 aliphatic rings. The molecule has 0 aliphatic carbocycles. The van der Waals surface area contributed by atoms with Crippen LogP contribution in [0.25, 0.3) is 0 Å². The van der Waals surface area contributed by atoms with Crippen molar-refractivity contribution in [3.8, 4) is 5.75 Å². The van der Waals surface area contributed by atoms with Crippen molar-refractivity contribution < 1.29 is 14.2 Å². The Labute approximate surface area is 166 Å². The molecule has 2 aromatic rings. The largest absolute Gasteiger partial charge is 0.497 e. The van der Waals surface area contributed by atoms with E-state index in [2.05, 4.69) is 19.9 Å². The Balaban J connectivity index is 2.16. The molecule has 3 rings (SSSR count). The van der Waals surface area contributed by atoms with Gasteiger partial charge in [-0.3, -0.25) is 0 Å². The van der Waals surface area contributed by atoms with Gasteiger partial charge in [0.25, 0.3) is 0 Å². The van der Waals surface area contributed by atoms with Gasteiger partial charge in [0.15, 0.2) is 0 Å². The zero-order chi connectivity index (χ0) is 19.4. The first-order chi connectivity index (χ1) is 13.0. The Kier molecular flexibility index (Phi) is 6.48. The van der Waals surface area contributed by atoms with Gasteiger partial charge in [0.1, 0.15) is 11.6 Å². The molecular formula is C23H29FO2S. The fourth-order valence-corrected chi connectivity index (χ4v) is 5.64. The lowest BCUT2D eigenvalue weighted by Crippen LogP contribution is -2.40. The van der Waals surface area contributed by atoms with Crippen LogP contribution in [0, 0.1) is 11.2 Å². The quantitative estimate of drug-likeness (QED) is 0.656. The topological polar surface area (TPSA) is 29.5 Å². The van der Waals surface area contributed by atoms with Gasteiger partial charge in [-0.25, -0.2) is 4.39 Å². The van der Waals surface area contributed by atoms with Crippen LogP contribution in [0.15, 0.2) is 47.4 Å². The van der Waals surface area contributed by atoms with Crippen LogP contribution in [0.4, 0.5) is 4.39 Å². The van der Waals surface area contributed by atoms with E-state index in [0.717, 1.165) is 53.2 Å². The zero-order valence-electron chi connectivity index (χ0n) is 16.4. The summed E-state index contributed by atoms with van der Waals surface area (Å²) in [5.74, 6) is 1.10. The van der Waals surface area contributed by atoms with E-state index in [0.29, 0.717) is 0 Å². The molecule has 27 heavy (non-hydrogen) atoms. The van der Waals surface area contributed by atoms with Crippen LogP contribution >= 0.6 is 11.8 Å². The van der Waals surface area contributed by atoms with Gasteiger partial charge in [0.05, 0.1) is 13.2 Å². The molecule has 2 aromatic carbocycles. The smallest absolute Gasteiger partial charge is 0.123 e. The van der Waals surface area contributed by atoms with Crippen molar-refractivity contribution in [3.05, 3.63) is 59.4 Å². The second kappa shape index (κ2) is 8.66. The second-order valence-electron chi connectivity index (χ2n) is 7.49. The molecule has 2 nitrogen and oxygen atoms in total. The highest BCUT2D eigenvalue weighted by Gasteiger charge is 2.44. The second-order valence-corrected chi connectivity index (χ2v) is 8.51. The number of hydrogen-bond acceptors (Lipinski definition) is 3. The number of halogens is 1. The molecule has 0 aromatic heterocycles. The van der Waals surface area contributed by atoms with Crippen molar-refractivity contribution in [2.75, 3.05) is 12.9 Å². The van der Waals surface area contributed by atoms with Gasteiger partial charge in [-0.2, -0.15) is 0 Å². The minimum Gasteiger partial charge on any atom is -0.497 e. The average Bonchev–Trinajstić information content (AvgIpc) is 2.80. The summed E-state index contributed by atoms with van der Waals surface area (Å²) in [6.07, 6.45) is 3.49. The predicted molar refractivity (Wildman–Crippen MR) is 110 cm³/mol. The number of hydrogen-bond donors (Lipinski definition) is 1. The highest BCUT2D eigenvalue weighted by Crippen LogP contribution is 2.51. The molecule has 3 atom stereocenters. The van der Waals surface area contributed by atoms with Gasteiger partial charge in [-0.1, -0.05) is 38.8 Å². The number of thioether (sulfide) groups is 1. The predicted octanol–water partition coefficient (Wildman–Crippen LogP) is 6.02. The number of ether oxygens (including phenoxy) is 1. The molecule has 1 heterocycles. The molecule has 0 spiro atoms. The highest BCUT2D eigenvalue weighted by molar-refractivity contribution is 7.99. The van der Waals surface area contributed by atoms with E-state index in [1.54, 1.807) is 19.2 Å². The van der Waals surface area contributed by atoms with Crippen LogP contribution in [-0.4, -0.2) is 24.1 Å². The third-order valence-corrected chi connectivity index (χ3v) is 7.35. The lowest BCUT2D eigenvalue weighted by atomic mass is 9.69. The Bertz CT molecular complexity index is 779. The van der Waals surface area contributed by atoms with E-state index >= 15 is 0 Å². The average molecular weight is 389 g/mol. The first kappa shape index (κ1) is 20.2. The van der Waals surface area contributed by atoms with E-state index in [1.165, 1.54) is 6.07 Å². The maximum absolute atomic E-state index is 14.0. The van der Waals surface area contributed by atoms with Crippen LogP contribution in [0.1, 0.15) is 56.6 Å². The fourth-order valence-electron chi connectivity index (χ4n) is 4.16. The molecule has 0 amide bonds.